The second kappa shape index (κ2) is 9.18. The lowest BCUT2D eigenvalue weighted by Crippen LogP contribution is -2.45. The Hall–Kier alpha value is -2.14. The summed E-state index contributed by atoms with van der Waals surface area (Å²) in [5.41, 5.74) is 0.808. The fourth-order valence-corrected chi connectivity index (χ4v) is 3.83. The number of carbonyl (C=O) groups is 1. The zero-order valence-electron chi connectivity index (χ0n) is 16.4. The van der Waals surface area contributed by atoms with E-state index in [1.54, 1.807) is 6.20 Å². The van der Waals surface area contributed by atoms with E-state index in [1.807, 2.05) is 31.2 Å². The number of amides is 1. The first-order chi connectivity index (χ1) is 13.2. The summed E-state index contributed by atoms with van der Waals surface area (Å²) in [6, 6.07) is 7.65. The third kappa shape index (κ3) is 4.41. The summed E-state index contributed by atoms with van der Waals surface area (Å²) in [5.74, 6) is 0.707. The number of carbonyl (C=O) groups excluding carboxylic acids is 1. The lowest BCUT2D eigenvalue weighted by molar-refractivity contribution is -0.143. The van der Waals surface area contributed by atoms with Crippen molar-refractivity contribution in [1.29, 1.82) is 0 Å². The monoisotopic (exact) mass is 370 g/mol. The number of rotatable bonds is 7. The van der Waals surface area contributed by atoms with Crippen LogP contribution in [-0.4, -0.2) is 29.7 Å². The fourth-order valence-electron chi connectivity index (χ4n) is 3.83. The van der Waals surface area contributed by atoms with Crippen molar-refractivity contribution in [3.05, 3.63) is 30.5 Å². The molecule has 5 heteroatoms. The predicted octanol–water partition coefficient (Wildman–Crippen LogP) is 5.09. The van der Waals surface area contributed by atoms with Crippen LogP contribution in [0.4, 0.5) is 5.69 Å². The van der Waals surface area contributed by atoms with Crippen molar-refractivity contribution >= 4 is 22.5 Å². The smallest absolute Gasteiger partial charge is 0.256 e. The first kappa shape index (κ1) is 19.6. The van der Waals surface area contributed by atoms with Gasteiger partial charge >= 0.3 is 0 Å². The maximum Gasteiger partial charge on any atom is 0.256 e. The molecule has 0 atom stereocenters. The van der Waals surface area contributed by atoms with Gasteiger partial charge in [0.1, 0.15) is 16.9 Å². The van der Waals surface area contributed by atoms with Crippen LogP contribution in [-0.2, 0) is 9.53 Å². The molecule has 146 valence electrons. The Morgan fingerprint density at radius 2 is 1.93 bits per heavy atom. The number of anilines is 1. The molecule has 2 aromatic rings. The number of ether oxygens (including phenoxy) is 2. The Balaban J connectivity index is 1.90. The van der Waals surface area contributed by atoms with Crippen LogP contribution >= 0.6 is 0 Å². The normalized spacial score (nSPS) is 16.7. The molecule has 1 fully saturated rings. The molecule has 0 saturated heterocycles. The summed E-state index contributed by atoms with van der Waals surface area (Å²) in [6.07, 6.45) is 8.63. The first-order valence-electron chi connectivity index (χ1n) is 10.2. The number of pyridine rings is 1. The second-order valence-electron chi connectivity index (χ2n) is 7.15. The van der Waals surface area contributed by atoms with Crippen molar-refractivity contribution in [1.82, 2.24) is 4.98 Å². The Labute approximate surface area is 161 Å². The number of aromatic nitrogens is 1. The lowest BCUT2D eigenvalue weighted by Gasteiger charge is -2.31. The van der Waals surface area contributed by atoms with Gasteiger partial charge in [0.25, 0.3) is 5.91 Å². The molecule has 1 aromatic carbocycles. The molecule has 0 radical (unpaired) electrons. The van der Waals surface area contributed by atoms with E-state index in [0.717, 1.165) is 54.4 Å². The topological polar surface area (TPSA) is 60.5 Å². The van der Waals surface area contributed by atoms with Crippen molar-refractivity contribution in [3.8, 4) is 5.75 Å². The third-order valence-electron chi connectivity index (χ3n) is 5.19. The Bertz CT molecular complexity index is 767. The Morgan fingerprint density at radius 1 is 1.15 bits per heavy atom. The highest BCUT2D eigenvalue weighted by atomic mass is 16.5. The molecule has 0 spiro atoms. The Kier molecular flexibility index (Phi) is 6.67. The standard InChI is InChI=1S/C22H30N2O3/c1-3-16-26-19-12-11-18(17-10-9-15-23-20(17)19)24-21(25)22(27-4-2)13-7-5-6-8-14-22/h9-12,15H,3-8,13-14,16H2,1-2H3,(H,24,25). The summed E-state index contributed by atoms with van der Waals surface area (Å²) in [4.78, 5) is 17.7. The second-order valence-corrected chi connectivity index (χ2v) is 7.15. The molecule has 0 bridgehead atoms. The minimum atomic E-state index is -0.725. The highest BCUT2D eigenvalue weighted by molar-refractivity contribution is 6.05. The average Bonchev–Trinajstić information content (AvgIpc) is 2.94. The SMILES string of the molecule is CCCOc1ccc(NC(=O)C2(OCC)CCCCCC2)c2cccnc12. The molecular formula is C22H30N2O3. The van der Waals surface area contributed by atoms with Gasteiger partial charge in [0.05, 0.1) is 12.3 Å². The number of fused-ring (bicyclic) bond motifs is 1. The molecule has 3 rings (SSSR count). The molecule has 0 unspecified atom stereocenters. The van der Waals surface area contributed by atoms with E-state index in [0.29, 0.717) is 13.2 Å². The summed E-state index contributed by atoms with van der Waals surface area (Å²) in [6.45, 7) is 5.22. The summed E-state index contributed by atoms with van der Waals surface area (Å²) in [7, 11) is 0. The van der Waals surface area contributed by atoms with Crippen molar-refractivity contribution in [2.45, 2.75) is 64.4 Å². The molecule has 1 aliphatic rings. The summed E-state index contributed by atoms with van der Waals surface area (Å²) in [5, 5.41) is 4.02. The van der Waals surface area contributed by atoms with Gasteiger partial charge in [0.15, 0.2) is 0 Å². The van der Waals surface area contributed by atoms with E-state index in [1.165, 1.54) is 12.8 Å². The van der Waals surface area contributed by atoms with Crippen LogP contribution in [0.15, 0.2) is 30.5 Å². The van der Waals surface area contributed by atoms with Crippen LogP contribution < -0.4 is 10.1 Å². The first-order valence-corrected chi connectivity index (χ1v) is 10.2. The van der Waals surface area contributed by atoms with Crippen LogP contribution in [0.1, 0.15) is 58.8 Å². The minimum absolute atomic E-state index is 0.0429. The maximum absolute atomic E-state index is 13.2. The van der Waals surface area contributed by atoms with Gasteiger partial charge in [-0.05, 0) is 50.5 Å². The van der Waals surface area contributed by atoms with Gasteiger partial charge in [-0.25, -0.2) is 0 Å². The lowest BCUT2D eigenvalue weighted by atomic mass is 9.92. The zero-order chi connectivity index (χ0) is 19.1. The zero-order valence-corrected chi connectivity index (χ0v) is 16.4. The highest BCUT2D eigenvalue weighted by Crippen LogP contribution is 2.34. The van der Waals surface area contributed by atoms with Crippen LogP contribution in [0.3, 0.4) is 0 Å². The molecule has 1 heterocycles. The van der Waals surface area contributed by atoms with E-state index >= 15 is 0 Å². The largest absolute Gasteiger partial charge is 0.491 e. The fraction of sp³-hybridized carbons (Fsp3) is 0.545. The van der Waals surface area contributed by atoms with Crippen molar-refractivity contribution in [2.24, 2.45) is 0 Å². The number of hydrogen-bond donors (Lipinski definition) is 1. The van der Waals surface area contributed by atoms with E-state index in [9.17, 15) is 4.79 Å². The summed E-state index contributed by atoms with van der Waals surface area (Å²) >= 11 is 0. The molecule has 1 amide bonds. The van der Waals surface area contributed by atoms with Gasteiger partial charge in [0.2, 0.25) is 0 Å². The molecule has 0 aliphatic heterocycles. The number of hydrogen-bond acceptors (Lipinski definition) is 4. The quantitative estimate of drug-likeness (QED) is 0.690. The van der Waals surface area contributed by atoms with E-state index in [4.69, 9.17) is 9.47 Å². The molecule has 1 saturated carbocycles. The van der Waals surface area contributed by atoms with Gasteiger partial charge in [-0.15, -0.1) is 0 Å². The molecule has 1 aliphatic carbocycles. The van der Waals surface area contributed by atoms with Gasteiger partial charge in [-0.1, -0.05) is 32.6 Å². The number of nitrogens with zero attached hydrogens (tertiary/aromatic N) is 1. The molecular weight excluding hydrogens is 340 g/mol. The van der Waals surface area contributed by atoms with Gasteiger partial charge in [0, 0.05) is 18.2 Å². The van der Waals surface area contributed by atoms with E-state index < -0.39 is 5.60 Å². The van der Waals surface area contributed by atoms with E-state index in [-0.39, 0.29) is 5.91 Å². The third-order valence-corrected chi connectivity index (χ3v) is 5.19. The molecule has 1 aromatic heterocycles. The number of benzene rings is 1. The molecule has 27 heavy (non-hydrogen) atoms. The van der Waals surface area contributed by atoms with Crippen LogP contribution in [0.25, 0.3) is 10.9 Å². The van der Waals surface area contributed by atoms with Gasteiger partial charge < -0.3 is 14.8 Å². The van der Waals surface area contributed by atoms with Gasteiger partial charge in [-0.3, -0.25) is 9.78 Å². The summed E-state index contributed by atoms with van der Waals surface area (Å²) < 4.78 is 11.8. The molecule has 5 nitrogen and oxygen atoms in total. The van der Waals surface area contributed by atoms with Crippen LogP contribution in [0, 0.1) is 0 Å². The van der Waals surface area contributed by atoms with Crippen LogP contribution in [0.2, 0.25) is 0 Å². The number of nitrogens with one attached hydrogen (secondary N) is 1. The van der Waals surface area contributed by atoms with Crippen molar-refractivity contribution < 1.29 is 14.3 Å². The van der Waals surface area contributed by atoms with Crippen molar-refractivity contribution in [2.75, 3.05) is 18.5 Å². The highest BCUT2D eigenvalue weighted by Gasteiger charge is 2.39. The minimum Gasteiger partial charge on any atom is -0.491 e. The van der Waals surface area contributed by atoms with Crippen molar-refractivity contribution in [3.63, 3.8) is 0 Å². The van der Waals surface area contributed by atoms with Crippen LogP contribution in [0.5, 0.6) is 5.75 Å². The van der Waals surface area contributed by atoms with E-state index in [2.05, 4.69) is 17.2 Å². The predicted molar refractivity (Wildman–Crippen MR) is 108 cm³/mol. The van der Waals surface area contributed by atoms with Gasteiger partial charge in [-0.2, -0.15) is 0 Å². The maximum atomic E-state index is 13.2. The Morgan fingerprint density at radius 3 is 2.63 bits per heavy atom. The molecule has 1 N–H and O–H groups in total. The average molecular weight is 370 g/mol.